The number of aromatic nitrogens is 2. The third-order valence-corrected chi connectivity index (χ3v) is 5.44. The molecule has 186 valence electrons. The first kappa shape index (κ1) is 27.8. The maximum absolute atomic E-state index is 12.3. The normalized spacial score (nSPS) is 15.8. The minimum Gasteiger partial charge on any atom is -0.444 e. The summed E-state index contributed by atoms with van der Waals surface area (Å²) in [5.74, 6) is 0.525. The number of nitrogens with zero attached hydrogens (tertiary/aromatic N) is 4. The molecule has 11 heteroatoms. The van der Waals surface area contributed by atoms with Crippen LogP contribution in [0.5, 0.6) is 0 Å². The molecule has 2 aromatic rings. The second-order valence-corrected chi connectivity index (χ2v) is 9.62. The van der Waals surface area contributed by atoms with Crippen LogP contribution in [0.4, 0.5) is 22.1 Å². The lowest BCUT2D eigenvalue weighted by Crippen LogP contribution is -2.49. The molecule has 0 aliphatic carbocycles. The molecule has 1 saturated heterocycles. The summed E-state index contributed by atoms with van der Waals surface area (Å²) in [5.41, 5.74) is 5.28. The number of rotatable bonds is 8. The highest BCUT2D eigenvalue weighted by atomic mass is 32.2. The summed E-state index contributed by atoms with van der Waals surface area (Å²) in [6.45, 7) is 10.6. The third-order valence-electron chi connectivity index (χ3n) is 4.83. The average molecular weight is 507 g/mol. The van der Waals surface area contributed by atoms with E-state index in [1.54, 1.807) is 23.4 Å². The number of anilines is 3. The van der Waals surface area contributed by atoms with E-state index in [1.807, 2.05) is 56.4 Å². The molecule has 1 unspecified atom stereocenters. The van der Waals surface area contributed by atoms with E-state index in [-0.39, 0.29) is 25.6 Å². The molecule has 1 aromatic heterocycles. The molecule has 2 heterocycles. The van der Waals surface area contributed by atoms with Crippen LogP contribution in [0.15, 0.2) is 43.2 Å². The fourth-order valence-corrected chi connectivity index (χ4v) is 3.64. The standard InChI is InChI=1S/C23H32N6O3S.H2S/c1-6-17-14-24-21(25-15-17)26-18-9-11-20(12-10-18)28(5)33-32-27-19-8-7-13-29(16-19)22(30)31-23(2,3)4;/h6,9-12,14-15,19,27H,1,7-8,13,16H2,2-5H3,(H,24,25,26);1H2. The predicted octanol–water partition coefficient (Wildman–Crippen LogP) is 4.90. The Hall–Kier alpha value is -2.47. The van der Waals surface area contributed by atoms with Crippen molar-refractivity contribution in [1.82, 2.24) is 20.3 Å². The van der Waals surface area contributed by atoms with Crippen molar-refractivity contribution in [3.8, 4) is 0 Å². The van der Waals surface area contributed by atoms with Crippen LogP contribution < -0.4 is 15.1 Å². The van der Waals surface area contributed by atoms with Gasteiger partial charge in [0.15, 0.2) is 0 Å². The van der Waals surface area contributed by atoms with Gasteiger partial charge in [-0.25, -0.2) is 19.0 Å². The van der Waals surface area contributed by atoms with E-state index in [0.29, 0.717) is 19.0 Å². The summed E-state index contributed by atoms with van der Waals surface area (Å²) in [6.07, 6.45) is 6.67. The van der Waals surface area contributed by atoms with Gasteiger partial charge in [0.2, 0.25) is 5.95 Å². The van der Waals surface area contributed by atoms with Gasteiger partial charge in [0.25, 0.3) is 0 Å². The van der Waals surface area contributed by atoms with E-state index in [4.69, 9.17) is 9.02 Å². The predicted molar refractivity (Wildman–Crippen MR) is 143 cm³/mol. The SMILES string of the molecule is C=Cc1cnc(Nc2ccc(N(C)SONC3CCCN(C(=O)OC(C)(C)C)C3)cc2)nc1.S. The molecular weight excluding hydrogens is 472 g/mol. The van der Waals surface area contributed by atoms with E-state index in [0.717, 1.165) is 29.8 Å². The molecule has 9 nitrogen and oxygen atoms in total. The van der Waals surface area contributed by atoms with Crippen molar-refractivity contribution in [1.29, 1.82) is 0 Å². The van der Waals surface area contributed by atoms with Gasteiger partial charge in [-0.2, -0.15) is 19.0 Å². The fourth-order valence-electron chi connectivity index (χ4n) is 3.15. The van der Waals surface area contributed by atoms with Gasteiger partial charge in [-0.1, -0.05) is 12.7 Å². The van der Waals surface area contributed by atoms with Gasteiger partial charge >= 0.3 is 6.09 Å². The summed E-state index contributed by atoms with van der Waals surface area (Å²) in [4.78, 5) is 22.5. The van der Waals surface area contributed by atoms with Gasteiger partial charge in [-0.15, -0.1) is 0 Å². The van der Waals surface area contributed by atoms with Crippen LogP contribution in [0.1, 0.15) is 39.2 Å². The highest BCUT2D eigenvalue weighted by molar-refractivity contribution is 7.96. The number of carbonyl (C=O) groups excluding carboxylic acids is 1. The lowest BCUT2D eigenvalue weighted by Gasteiger charge is -2.34. The van der Waals surface area contributed by atoms with Crippen LogP contribution in [-0.4, -0.2) is 52.7 Å². The average Bonchev–Trinajstić information content (AvgIpc) is 2.79. The van der Waals surface area contributed by atoms with Crippen molar-refractivity contribution >= 4 is 55.2 Å². The highest BCUT2D eigenvalue weighted by Crippen LogP contribution is 2.24. The number of carbonyl (C=O) groups is 1. The van der Waals surface area contributed by atoms with Crippen molar-refractivity contribution in [3.63, 3.8) is 0 Å². The topological polar surface area (TPSA) is 91.9 Å². The van der Waals surface area contributed by atoms with Gasteiger partial charge in [0, 0.05) is 49.5 Å². The zero-order valence-corrected chi connectivity index (χ0v) is 21.9. The summed E-state index contributed by atoms with van der Waals surface area (Å²) >= 11 is 1.19. The molecule has 0 bridgehead atoms. The number of hydrogen-bond donors (Lipinski definition) is 2. The number of hydroxylamine groups is 1. The third kappa shape index (κ3) is 8.71. The molecule has 1 aliphatic rings. The van der Waals surface area contributed by atoms with Crippen LogP contribution in [-0.2, 0) is 9.02 Å². The first-order valence-corrected chi connectivity index (χ1v) is 11.6. The Kier molecular flexibility index (Phi) is 10.5. The van der Waals surface area contributed by atoms with Gasteiger partial charge in [-0.3, -0.25) is 4.31 Å². The van der Waals surface area contributed by atoms with Crippen molar-refractivity contribution in [2.45, 2.75) is 45.3 Å². The quantitative estimate of drug-likeness (QED) is 0.295. The Bertz CT molecular complexity index is 922. The van der Waals surface area contributed by atoms with E-state index < -0.39 is 5.60 Å². The van der Waals surface area contributed by atoms with Crippen LogP contribution in [0.3, 0.4) is 0 Å². The lowest BCUT2D eigenvalue weighted by atomic mass is 10.1. The van der Waals surface area contributed by atoms with Crippen LogP contribution in [0.25, 0.3) is 6.08 Å². The number of ether oxygens (including phenoxy) is 1. The van der Waals surface area contributed by atoms with E-state index in [1.165, 1.54) is 12.2 Å². The fraction of sp³-hybridized carbons (Fsp3) is 0.435. The molecule has 1 amide bonds. The molecular formula is C23H34N6O3S2. The number of benzene rings is 1. The van der Waals surface area contributed by atoms with Crippen LogP contribution in [0, 0.1) is 0 Å². The van der Waals surface area contributed by atoms with E-state index in [9.17, 15) is 4.79 Å². The molecule has 1 aromatic carbocycles. The largest absolute Gasteiger partial charge is 0.444 e. The summed E-state index contributed by atoms with van der Waals surface area (Å²) in [6, 6.07) is 7.89. The van der Waals surface area contributed by atoms with Crippen molar-refractivity contribution in [2.75, 3.05) is 29.8 Å². The molecule has 1 fully saturated rings. The molecule has 34 heavy (non-hydrogen) atoms. The summed E-state index contributed by atoms with van der Waals surface area (Å²) in [7, 11) is 1.92. The van der Waals surface area contributed by atoms with Gasteiger partial charge in [-0.05, 0) is 57.9 Å². The Morgan fingerprint density at radius 2 is 1.94 bits per heavy atom. The van der Waals surface area contributed by atoms with Gasteiger partial charge < -0.3 is 15.0 Å². The monoisotopic (exact) mass is 506 g/mol. The number of piperidine rings is 1. The molecule has 0 saturated carbocycles. The van der Waals surface area contributed by atoms with E-state index in [2.05, 4.69) is 27.3 Å². The minimum atomic E-state index is -0.499. The number of amides is 1. The lowest BCUT2D eigenvalue weighted by molar-refractivity contribution is 0.0140. The molecule has 0 spiro atoms. The smallest absolute Gasteiger partial charge is 0.410 e. The van der Waals surface area contributed by atoms with Gasteiger partial charge in [0.05, 0.1) is 6.04 Å². The minimum absolute atomic E-state index is 0. The zero-order valence-electron chi connectivity index (χ0n) is 20.1. The second-order valence-electron chi connectivity index (χ2n) is 8.75. The maximum Gasteiger partial charge on any atom is 0.410 e. The number of hydrogen-bond acceptors (Lipinski definition) is 9. The molecule has 0 radical (unpaired) electrons. The van der Waals surface area contributed by atoms with Crippen molar-refractivity contribution in [2.24, 2.45) is 0 Å². The van der Waals surface area contributed by atoms with Crippen molar-refractivity contribution in [3.05, 3.63) is 48.8 Å². The van der Waals surface area contributed by atoms with Crippen LogP contribution in [0.2, 0.25) is 0 Å². The van der Waals surface area contributed by atoms with Crippen LogP contribution >= 0.6 is 25.7 Å². The molecule has 1 atom stereocenters. The van der Waals surface area contributed by atoms with Gasteiger partial charge in [0.1, 0.15) is 17.8 Å². The first-order valence-electron chi connectivity index (χ1n) is 10.9. The Morgan fingerprint density at radius 1 is 1.26 bits per heavy atom. The Labute approximate surface area is 213 Å². The maximum atomic E-state index is 12.3. The van der Waals surface area contributed by atoms with Crippen molar-refractivity contribution < 1.29 is 13.8 Å². The highest BCUT2D eigenvalue weighted by Gasteiger charge is 2.27. The van der Waals surface area contributed by atoms with E-state index >= 15 is 0 Å². The number of likely N-dealkylation sites (tertiary alicyclic amines) is 1. The molecule has 1 aliphatic heterocycles. The first-order chi connectivity index (χ1) is 15.7. The Morgan fingerprint density at radius 3 is 2.56 bits per heavy atom. The molecule has 3 rings (SSSR count). The Balaban J connectivity index is 0.00000408. The second kappa shape index (κ2) is 12.8. The summed E-state index contributed by atoms with van der Waals surface area (Å²) in [5, 5.41) is 3.17. The zero-order chi connectivity index (χ0) is 23.8. The molecule has 2 N–H and O–H groups in total. The number of nitrogens with one attached hydrogen (secondary N) is 2. The summed E-state index contributed by atoms with van der Waals surface area (Å²) < 4.78 is 13.0.